The van der Waals surface area contributed by atoms with Crippen LogP contribution in [0.5, 0.6) is 0 Å². The molecule has 243 valence electrons. The van der Waals surface area contributed by atoms with E-state index in [4.69, 9.17) is 0 Å². The zero-order chi connectivity index (χ0) is 30.7. The van der Waals surface area contributed by atoms with Crippen LogP contribution in [-0.4, -0.2) is 29.9 Å². The molecule has 0 aromatic heterocycles. The van der Waals surface area contributed by atoms with E-state index in [0.29, 0.717) is 0 Å². The number of hydrogen-bond donors (Lipinski definition) is 0. The van der Waals surface area contributed by atoms with E-state index in [1.54, 1.807) is 0 Å². The monoisotopic (exact) mass is 716 g/mol. The third-order valence-corrected chi connectivity index (χ3v) is 17.1. The van der Waals surface area contributed by atoms with Gasteiger partial charge in [0, 0.05) is 19.5 Å². The van der Waals surface area contributed by atoms with Crippen molar-refractivity contribution in [3.63, 3.8) is 0 Å². The molecule has 1 aromatic rings. The molecule has 0 amide bonds. The third-order valence-electron chi connectivity index (χ3n) is 8.80. The molecule has 2 saturated heterocycles. The molecule has 0 spiro atoms. The Labute approximate surface area is 272 Å². The van der Waals surface area contributed by atoms with Crippen molar-refractivity contribution in [2.75, 3.05) is 0 Å². The van der Waals surface area contributed by atoms with E-state index in [2.05, 4.69) is 105 Å². The molecule has 42 heavy (non-hydrogen) atoms. The van der Waals surface area contributed by atoms with Crippen LogP contribution in [0, 0.1) is 49.4 Å². The van der Waals surface area contributed by atoms with Gasteiger partial charge < -0.3 is 17.3 Å². The van der Waals surface area contributed by atoms with Gasteiger partial charge in [0.2, 0.25) is 0 Å². The molecule has 3 fully saturated rings. The molecule has 1 aromatic carbocycles. The van der Waals surface area contributed by atoms with Gasteiger partial charge in [-0.25, -0.2) is 0 Å². The first-order valence-corrected chi connectivity index (χ1v) is 19.0. The summed E-state index contributed by atoms with van der Waals surface area (Å²) in [5.74, 6) is 3.28. The van der Waals surface area contributed by atoms with Crippen molar-refractivity contribution in [3.05, 3.63) is 49.9 Å². The van der Waals surface area contributed by atoms with E-state index < -0.39 is 7.25 Å². The molecule has 5 radical (unpaired) electrons. The average Bonchev–Trinajstić information content (AvgIpc) is 3.48. The number of halogens is 4. The van der Waals surface area contributed by atoms with E-state index in [9.17, 15) is 17.3 Å². The van der Waals surface area contributed by atoms with Gasteiger partial charge in [-0.3, -0.25) is 0 Å². The van der Waals surface area contributed by atoms with Gasteiger partial charge in [-0.2, -0.15) is 0 Å². The topological polar surface area (TPSA) is 0 Å². The van der Waals surface area contributed by atoms with Gasteiger partial charge in [0.25, 0.3) is 0 Å². The fourth-order valence-corrected chi connectivity index (χ4v) is 15.4. The molecular formula is C34H56BF4P2Rh-. The van der Waals surface area contributed by atoms with Crippen molar-refractivity contribution in [3.8, 4) is 0 Å². The van der Waals surface area contributed by atoms with Crippen LogP contribution in [0.15, 0.2) is 24.3 Å². The first-order valence-electron chi connectivity index (χ1n) is 16.1. The molecule has 4 rings (SSSR count). The fourth-order valence-electron chi connectivity index (χ4n) is 6.82. The third kappa shape index (κ3) is 13.1. The standard InChI is InChI=1S/C26H44P2.C8H12.BF4.Rh/c1-17(2)21-13-14-22(18(3)4)27(21)25-11-9-10-12-26(25)28-23(19(5)6)15-16-24(28)20(7)8;1-2-4-6-8-7-5-3-1;2-1(3,4)5;/h9-12,17-24H,13-16H2,1-8H3;1-2,7-8H,3-6H2;;/q;;-1;/t21-,22-,23-,24-;;;/m0.../s1. The number of benzene rings is 1. The van der Waals surface area contributed by atoms with Crippen molar-refractivity contribution < 1.29 is 36.7 Å². The van der Waals surface area contributed by atoms with Crippen LogP contribution in [0.3, 0.4) is 0 Å². The summed E-state index contributed by atoms with van der Waals surface area (Å²) in [5.41, 5.74) is 3.71. The van der Waals surface area contributed by atoms with Gasteiger partial charge >= 0.3 is 7.25 Å². The van der Waals surface area contributed by atoms with Gasteiger partial charge in [0.15, 0.2) is 0 Å². The summed E-state index contributed by atoms with van der Waals surface area (Å²) in [6.07, 6.45) is 19.8. The van der Waals surface area contributed by atoms with Crippen molar-refractivity contribution in [2.24, 2.45) is 23.7 Å². The van der Waals surface area contributed by atoms with Gasteiger partial charge in [-0.15, -0.1) is 0 Å². The normalized spacial score (nSPS) is 25.9. The Balaban J connectivity index is 0.000000522. The molecule has 0 N–H and O–H groups in total. The second-order valence-electron chi connectivity index (χ2n) is 13.3. The second kappa shape index (κ2) is 19.9. The first-order chi connectivity index (χ1) is 19.2. The van der Waals surface area contributed by atoms with Crippen molar-refractivity contribution in [1.82, 2.24) is 0 Å². The summed E-state index contributed by atoms with van der Waals surface area (Å²) in [6.45, 7) is 19.9. The number of hydrogen-bond acceptors (Lipinski definition) is 0. The molecule has 0 bridgehead atoms. The maximum atomic E-state index is 9.75. The van der Waals surface area contributed by atoms with Gasteiger partial charge in [-0.05, 0) is 134 Å². The van der Waals surface area contributed by atoms with Crippen LogP contribution in [0.2, 0.25) is 0 Å². The Hall–Kier alpha value is 0.488. The minimum atomic E-state index is -6.00. The SMILES string of the molecule is CC(C)[C@@H]1CC[C@@H](C(C)C)P1c1ccccc1P1[C@H](C(C)C)CC[C@H]1C(C)C.F[B-](F)(F)F.[CH]1[CH]CC[CH][CH]CC1.[Rh]. The molecule has 0 unspecified atom stereocenters. The molecule has 1 saturated carbocycles. The predicted octanol–water partition coefficient (Wildman–Crippen LogP) is 11.3. The molecule has 8 heteroatoms. The Morgan fingerprint density at radius 2 is 0.738 bits per heavy atom. The molecule has 1 aliphatic carbocycles. The van der Waals surface area contributed by atoms with Crippen LogP contribution in [0.25, 0.3) is 0 Å². The Morgan fingerprint density at radius 1 is 0.524 bits per heavy atom. The Morgan fingerprint density at radius 3 is 0.929 bits per heavy atom. The second-order valence-corrected chi connectivity index (χ2v) is 18.5. The van der Waals surface area contributed by atoms with E-state index >= 15 is 0 Å². The fraction of sp³-hybridized carbons (Fsp3) is 0.706. The zero-order valence-electron chi connectivity index (χ0n) is 27.2. The summed E-state index contributed by atoms with van der Waals surface area (Å²) in [6, 6.07) is 9.86. The summed E-state index contributed by atoms with van der Waals surface area (Å²) < 4.78 is 39.0. The molecule has 0 nitrogen and oxygen atoms in total. The van der Waals surface area contributed by atoms with Crippen molar-refractivity contribution >= 4 is 33.7 Å². The largest absolute Gasteiger partial charge is 0.673 e. The van der Waals surface area contributed by atoms with Crippen LogP contribution < -0.4 is 10.6 Å². The number of rotatable bonds is 6. The maximum absolute atomic E-state index is 9.75. The van der Waals surface area contributed by atoms with E-state index in [0.717, 1.165) is 46.3 Å². The summed E-state index contributed by atoms with van der Waals surface area (Å²) in [5, 5.41) is 3.66. The Bertz CT molecular complexity index is 747. The first kappa shape index (κ1) is 40.5. The van der Waals surface area contributed by atoms with Gasteiger partial charge in [-0.1, -0.05) is 95.5 Å². The molecule has 2 aliphatic heterocycles. The smallest absolute Gasteiger partial charge is 0.418 e. The molecule has 4 atom stereocenters. The summed E-state index contributed by atoms with van der Waals surface area (Å²) >= 11 is 0. The summed E-state index contributed by atoms with van der Waals surface area (Å²) in [7, 11) is -6.09. The van der Waals surface area contributed by atoms with Crippen molar-refractivity contribution in [1.29, 1.82) is 0 Å². The predicted molar refractivity (Wildman–Crippen MR) is 178 cm³/mol. The Kier molecular flexibility index (Phi) is 19.2. The van der Waals surface area contributed by atoms with E-state index in [1.165, 1.54) is 51.4 Å². The van der Waals surface area contributed by atoms with E-state index in [-0.39, 0.29) is 35.3 Å². The molecule has 2 heterocycles. The minimum Gasteiger partial charge on any atom is -0.418 e. The van der Waals surface area contributed by atoms with Crippen LogP contribution in [0.4, 0.5) is 17.3 Å². The summed E-state index contributed by atoms with van der Waals surface area (Å²) in [4.78, 5) is 0. The minimum absolute atomic E-state index is 0. The molecular weight excluding hydrogens is 660 g/mol. The zero-order valence-corrected chi connectivity index (χ0v) is 30.6. The van der Waals surface area contributed by atoms with Crippen molar-refractivity contribution in [2.45, 2.75) is 129 Å². The maximum Gasteiger partial charge on any atom is 0.673 e. The molecule has 3 aliphatic rings. The van der Waals surface area contributed by atoms with E-state index in [1.807, 2.05) is 10.6 Å². The van der Waals surface area contributed by atoms with Crippen LogP contribution >= 0.6 is 15.8 Å². The van der Waals surface area contributed by atoms with Crippen LogP contribution in [0.1, 0.15) is 107 Å². The van der Waals surface area contributed by atoms with Crippen LogP contribution in [-0.2, 0) is 19.5 Å². The average molecular weight is 716 g/mol. The van der Waals surface area contributed by atoms with Gasteiger partial charge in [0.1, 0.15) is 0 Å². The van der Waals surface area contributed by atoms with Gasteiger partial charge in [0.05, 0.1) is 0 Å². The quantitative estimate of drug-likeness (QED) is 0.156.